The van der Waals surface area contributed by atoms with Crippen molar-refractivity contribution in [3.8, 4) is 5.82 Å². The van der Waals surface area contributed by atoms with Crippen LogP contribution < -0.4 is 5.32 Å². The van der Waals surface area contributed by atoms with Crippen LogP contribution in [0.15, 0.2) is 61.2 Å². The maximum absolute atomic E-state index is 11.7. The second kappa shape index (κ2) is 6.41. The molecular weight excluding hydrogens is 356 g/mol. The van der Waals surface area contributed by atoms with Gasteiger partial charge in [0.15, 0.2) is 0 Å². The maximum atomic E-state index is 11.7. The van der Waals surface area contributed by atoms with Crippen molar-refractivity contribution in [3.63, 3.8) is 0 Å². The standard InChI is InChI=1S/C17H11ClN6O2/c18-11-5-7-12(8-6-11)22-16-15(24(25)26)17(20-9-19-16)23-10-21-13-3-1-2-4-14(13)23/h1-10H,(H,19,20,22). The quantitative estimate of drug-likeness (QED) is 0.431. The summed E-state index contributed by atoms with van der Waals surface area (Å²) in [6.45, 7) is 0. The van der Waals surface area contributed by atoms with Gasteiger partial charge in [0.05, 0.1) is 16.0 Å². The summed E-state index contributed by atoms with van der Waals surface area (Å²) < 4.78 is 1.57. The van der Waals surface area contributed by atoms with Gasteiger partial charge in [-0.2, -0.15) is 0 Å². The van der Waals surface area contributed by atoms with Crippen LogP contribution >= 0.6 is 11.6 Å². The van der Waals surface area contributed by atoms with Crippen LogP contribution in [0.4, 0.5) is 17.2 Å². The second-order valence-electron chi connectivity index (χ2n) is 5.39. The van der Waals surface area contributed by atoms with Gasteiger partial charge < -0.3 is 5.32 Å². The van der Waals surface area contributed by atoms with Gasteiger partial charge in [-0.3, -0.25) is 14.7 Å². The number of rotatable bonds is 4. The first-order valence-electron chi connectivity index (χ1n) is 7.58. The third-order valence-electron chi connectivity index (χ3n) is 3.77. The fourth-order valence-corrected chi connectivity index (χ4v) is 2.73. The van der Waals surface area contributed by atoms with Crippen LogP contribution in [0.3, 0.4) is 0 Å². The van der Waals surface area contributed by atoms with Gasteiger partial charge in [0.2, 0.25) is 11.6 Å². The number of halogens is 1. The zero-order chi connectivity index (χ0) is 18.1. The van der Waals surface area contributed by atoms with Crippen LogP contribution in [-0.4, -0.2) is 24.4 Å². The van der Waals surface area contributed by atoms with E-state index in [4.69, 9.17) is 11.6 Å². The van der Waals surface area contributed by atoms with Gasteiger partial charge in [-0.05, 0) is 36.4 Å². The van der Waals surface area contributed by atoms with E-state index in [0.29, 0.717) is 21.7 Å². The molecule has 2 aromatic heterocycles. The molecule has 2 heterocycles. The third kappa shape index (κ3) is 2.82. The Kier molecular flexibility index (Phi) is 3.94. The smallest absolute Gasteiger partial charge is 0.334 e. The molecule has 4 aromatic rings. The molecule has 0 unspecified atom stereocenters. The third-order valence-corrected chi connectivity index (χ3v) is 4.03. The molecule has 2 aromatic carbocycles. The number of nitrogens with zero attached hydrogens (tertiary/aromatic N) is 5. The van der Waals surface area contributed by atoms with E-state index in [-0.39, 0.29) is 17.3 Å². The van der Waals surface area contributed by atoms with Gasteiger partial charge in [-0.15, -0.1) is 0 Å². The highest BCUT2D eigenvalue weighted by Gasteiger charge is 2.25. The summed E-state index contributed by atoms with van der Waals surface area (Å²) in [6.07, 6.45) is 2.78. The molecule has 0 radical (unpaired) electrons. The molecule has 0 saturated carbocycles. The molecule has 0 saturated heterocycles. The average Bonchev–Trinajstić information content (AvgIpc) is 3.07. The Morgan fingerprint density at radius 2 is 1.81 bits per heavy atom. The number of aromatic nitrogens is 4. The van der Waals surface area contributed by atoms with Gasteiger partial charge in [0.1, 0.15) is 12.7 Å². The molecule has 8 nitrogen and oxygen atoms in total. The monoisotopic (exact) mass is 366 g/mol. The van der Waals surface area contributed by atoms with E-state index in [9.17, 15) is 10.1 Å². The van der Waals surface area contributed by atoms with Gasteiger partial charge in [-0.1, -0.05) is 23.7 Å². The van der Waals surface area contributed by atoms with Crippen molar-refractivity contribution < 1.29 is 4.92 Å². The second-order valence-corrected chi connectivity index (χ2v) is 5.82. The Hall–Kier alpha value is -3.52. The van der Waals surface area contributed by atoms with Crippen LogP contribution in [0.2, 0.25) is 5.02 Å². The molecule has 0 fully saturated rings. The van der Waals surface area contributed by atoms with Gasteiger partial charge in [0, 0.05) is 10.7 Å². The molecule has 0 aliphatic rings. The van der Waals surface area contributed by atoms with Crippen LogP contribution in [0.25, 0.3) is 16.9 Å². The van der Waals surface area contributed by atoms with Crippen molar-refractivity contribution in [2.24, 2.45) is 0 Å². The van der Waals surface area contributed by atoms with E-state index >= 15 is 0 Å². The SMILES string of the molecule is O=[N+]([O-])c1c(Nc2ccc(Cl)cc2)ncnc1-n1cnc2ccccc21. The number of anilines is 2. The first kappa shape index (κ1) is 16.0. The lowest BCUT2D eigenvalue weighted by Gasteiger charge is -2.09. The largest absolute Gasteiger partial charge is 0.354 e. The van der Waals surface area contributed by atoms with Crippen molar-refractivity contribution in [1.82, 2.24) is 19.5 Å². The van der Waals surface area contributed by atoms with Crippen molar-refractivity contribution in [2.45, 2.75) is 0 Å². The lowest BCUT2D eigenvalue weighted by molar-refractivity contribution is -0.384. The van der Waals surface area contributed by atoms with Crippen LogP contribution in [-0.2, 0) is 0 Å². The minimum Gasteiger partial charge on any atom is -0.334 e. The highest BCUT2D eigenvalue weighted by atomic mass is 35.5. The van der Waals surface area contributed by atoms with E-state index in [1.165, 1.54) is 12.7 Å². The molecule has 128 valence electrons. The van der Waals surface area contributed by atoms with Crippen molar-refractivity contribution >= 4 is 39.8 Å². The molecule has 9 heteroatoms. The van der Waals surface area contributed by atoms with Gasteiger partial charge >= 0.3 is 5.69 Å². The Labute approximate surface area is 152 Å². The summed E-state index contributed by atoms with van der Waals surface area (Å²) >= 11 is 5.87. The van der Waals surface area contributed by atoms with E-state index in [2.05, 4.69) is 20.3 Å². The van der Waals surface area contributed by atoms with E-state index in [1.54, 1.807) is 28.8 Å². The zero-order valence-corrected chi connectivity index (χ0v) is 14.0. The number of nitro groups is 1. The normalized spacial score (nSPS) is 10.8. The van der Waals surface area contributed by atoms with Crippen molar-refractivity contribution in [1.29, 1.82) is 0 Å². The molecule has 0 spiro atoms. The van der Waals surface area contributed by atoms with Gasteiger partial charge in [0.25, 0.3) is 0 Å². The minimum absolute atomic E-state index is 0.0834. The number of nitrogens with one attached hydrogen (secondary N) is 1. The Bertz CT molecular complexity index is 1110. The fourth-order valence-electron chi connectivity index (χ4n) is 2.60. The number of para-hydroxylation sites is 2. The fraction of sp³-hybridized carbons (Fsp3) is 0. The van der Waals surface area contributed by atoms with E-state index in [0.717, 1.165) is 0 Å². The predicted octanol–water partition coefficient (Wildman–Crippen LogP) is 4.12. The molecule has 0 bridgehead atoms. The summed E-state index contributed by atoms with van der Waals surface area (Å²) in [7, 11) is 0. The average molecular weight is 367 g/mol. The van der Waals surface area contributed by atoms with Crippen LogP contribution in [0.5, 0.6) is 0 Å². The molecule has 0 aliphatic carbocycles. The number of imidazole rings is 1. The lowest BCUT2D eigenvalue weighted by atomic mass is 10.3. The first-order chi connectivity index (χ1) is 12.6. The number of hydrogen-bond acceptors (Lipinski definition) is 6. The molecule has 0 aliphatic heterocycles. The van der Waals surface area contributed by atoms with E-state index in [1.807, 2.05) is 24.3 Å². The molecule has 0 atom stereocenters. The molecule has 0 amide bonds. The number of benzene rings is 2. The summed E-state index contributed by atoms with van der Waals surface area (Å²) in [5.41, 5.74) is 1.81. The molecule has 26 heavy (non-hydrogen) atoms. The summed E-state index contributed by atoms with van der Waals surface area (Å²) in [4.78, 5) is 23.7. The topological polar surface area (TPSA) is 98.8 Å². The summed E-state index contributed by atoms with van der Waals surface area (Å²) in [6, 6.07) is 14.1. The van der Waals surface area contributed by atoms with E-state index < -0.39 is 4.92 Å². The minimum atomic E-state index is -0.512. The Morgan fingerprint density at radius 1 is 1.04 bits per heavy atom. The zero-order valence-electron chi connectivity index (χ0n) is 13.2. The molecule has 1 N–H and O–H groups in total. The van der Waals surface area contributed by atoms with Crippen LogP contribution in [0.1, 0.15) is 0 Å². The first-order valence-corrected chi connectivity index (χ1v) is 7.96. The molecular formula is C17H11ClN6O2. The highest BCUT2D eigenvalue weighted by molar-refractivity contribution is 6.30. The Morgan fingerprint density at radius 3 is 2.58 bits per heavy atom. The highest BCUT2D eigenvalue weighted by Crippen LogP contribution is 2.31. The predicted molar refractivity (Wildman–Crippen MR) is 98.0 cm³/mol. The maximum Gasteiger partial charge on any atom is 0.354 e. The lowest BCUT2D eigenvalue weighted by Crippen LogP contribution is -2.07. The Balaban J connectivity index is 1.86. The summed E-state index contributed by atoms with van der Waals surface area (Å²) in [5, 5.41) is 15.3. The van der Waals surface area contributed by atoms with Crippen LogP contribution in [0, 0.1) is 10.1 Å². The number of fused-ring (bicyclic) bond motifs is 1. The van der Waals surface area contributed by atoms with Crippen molar-refractivity contribution in [2.75, 3.05) is 5.32 Å². The molecule has 4 rings (SSSR count). The van der Waals surface area contributed by atoms with Gasteiger partial charge in [-0.25, -0.2) is 15.0 Å². The van der Waals surface area contributed by atoms with Crippen molar-refractivity contribution in [3.05, 3.63) is 76.3 Å². The number of hydrogen-bond donors (Lipinski definition) is 1. The summed E-state index contributed by atoms with van der Waals surface area (Å²) in [5.74, 6) is 0.218.